The molecule has 1 heterocycles. The van der Waals surface area contributed by atoms with Crippen LogP contribution in [0.2, 0.25) is 0 Å². The number of aromatic nitrogens is 1. The van der Waals surface area contributed by atoms with E-state index in [1.165, 1.54) is 4.90 Å². The van der Waals surface area contributed by atoms with Crippen LogP contribution in [0.4, 0.5) is 5.69 Å². The molecular weight excluding hydrogens is 316 g/mol. The van der Waals surface area contributed by atoms with E-state index in [9.17, 15) is 9.59 Å². The van der Waals surface area contributed by atoms with Crippen molar-refractivity contribution in [2.45, 2.75) is 13.0 Å². The first kappa shape index (κ1) is 16.8. The molecule has 0 aliphatic heterocycles. The monoisotopic (exact) mass is 336 g/mol. The van der Waals surface area contributed by atoms with E-state index in [0.29, 0.717) is 5.56 Å². The first-order valence-corrected chi connectivity index (χ1v) is 8.06. The zero-order valence-electron chi connectivity index (χ0n) is 14.5. The van der Waals surface area contributed by atoms with Gasteiger partial charge in [-0.25, -0.2) is 4.79 Å². The fourth-order valence-corrected chi connectivity index (χ4v) is 2.83. The van der Waals surface area contributed by atoms with Crippen LogP contribution in [-0.2, 0) is 16.6 Å². The SMILES string of the molecule is C[C@@H](OC(=O)c1cn(C)c2ccccc12)C(=O)N(C)c1ccccc1. The molecule has 0 bridgehead atoms. The van der Waals surface area contributed by atoms with E-state index in [1.807, 2.05) is 66.2 Å². The summed E-state index contributed by atoms with van der Waals surface area (Å²) in [4.78, 5) is 26.5. The number of carbonyl (C=O) groups excluding carboxylic acids is 2. The maximum Gasteiger partial charge on any atom is 0.341 e. The summed E-state index contributed by atoms with van der Waals surface area (Å²) in [6, 6.07) is 16.8. The van der Waals surface area contributed by atoms with Gasteiger partial charge in [-0.05, 0) is 25.1 Å². The van der Waals surface area contributed by atoms with Crippen LogP contribution in [0.1, 0.15) is 17.3 Å². The minimum atomic E-state index is -0.878. The number of aryl methyl sites for hydroxylation is 1. The van der Waals surface area contributed by atoms with E-state index < -0.39 is 12.1 Å². The minimum absolute atomic E-state index is 0.278. The van der Waals surface area contributed by atoms with E-state index in [1.54, 1.807) is 20.2 Å². The first-order chi connectivity index (χ1) is 12.0. The highest BCUT2D eigenvalue weighted by atomic mass is 16.5. The molecule has 0 saturated carbocycles. The van der Waals surface area contributed by atoms with Crippen molar-refractivity contribution < 1.29 is 14.3 Å². The first-order valence-electron chi connectivity index (χ1n) is 8.06. The number of benzene rings is 2. The number of nitrogens with zero attached hydrogens (tertiary/aromatic N) is 2. The van der Waals surface area contributed by atoms with Gasteiger partial charge in [-0.1, -0.05) is 36.4 Å². The van der Waals surface area contributed by atoms with Crippen molar-refractivity contribution in [2.24, 2.45) is 7.05 Å². The fraction of sp³-hybridized carbons (Fsp3) is 0.200. The number of hydrogen-bond acceptors (Lipinski definition) is 3. The third-order valence-corrected chi connectivity index (χ3v) is 4.22. The maximum atomic E-state index is 12.5. The molecule has 1 atom stereocenters. The molecule has 2 aromatic carbocycles. The number of para-hydroxylation sites is 2. The Morgan fingerprint density at radius 2 is 1.68 bits per heavy atom. The van der Waals surface area contributed by atoms with Gasteiger partial charge in [0.05, 0.1) is 5.56 Å². The summed E-state index contributed by atoms with van der Waals surface area (Å²) in [6.07, 6.45) is 0.849. The molecular formula is C20H20N2O3. The number of ether oxygens (including phenoxy) is 1. The Kier molecular flexibility index (Phi) is 4.57. The molecule has 0 unspecified atom stereocenters. The Hall–Kier alpha value is -3.08. The van der Waals surface area contributed by atoms with Crippen molar-refractivity contribution in [2.75, 3.05) is 11.9 Å². The van der Waals surface area contributed by atoms with Gasteiger partial charge in [0.1, 0.15) is 0 Å². The Bertz CT molecular complexity index is 915. The van der Waals surface area contributed by atoms with Crippen LogP contribution in [-0.4, -0.2) is 29.6 Å². The van der Waals surface area contributed by atoms with Crippen molar-refractivity contribution in [3.05, 3.63) is 66.4 Å². The molecule has 0 fully saturated rings. The van der Waals surface area contributed by atoms with Crippen LogP contribution in [0.5, 0.6) is 0 Å². The summed E-state index contributed by atoms with van der Waals surface area (Å²) >= 11 is 0. The van der Waals surface area contributed by atoms with Crippen molar-refractivity contribution in [1.29, 1.82) is 0 Å². The largest absolute Gasteiger partial charge is 0.449 e. The summed E-state index contributed by atoms with van der Waals surface area (Å²) in [6.45, 7) is 1.59. The Balaban J connectivity index is 1.77. The Morgan fingerprint density at radius 1 is 1.04 bits per heavy atom. The molecule has 25 heavy (non-hydrogen) atoms. The van der Waals surface area contributed by atoms with Crippen LogP contribution < -0.4 is 4.90 Å². The van der Waals surface area contributed by atoms with Gasteiger partial charge in [-0.3, -0.25) is 4.79 Å². The summed E-state index contributed by atoms with van der Waals surface area (Å²) in [7, 11) is 3.54. The number of fused-ring (bicyclic) bond motifs is 1. The molecule has 0 saturated heterocycles. The van der Waals surface area contributed by atoms with Crippen molar-refractivity contribution >= 4 is 28.5 Å². The average Bonchev–Trinajstić information content (AvgIpc) is 2.98. The lowest BCUT2D eigenvalue weighted by Crippen LogP contribution is -2.37. The molecule has 0 N–H and O–H groups in total. The van der Waals surface area contributed by atoms with Crippen LogP contribution >= 0.6 is 0 Å². The second-order valence-electron chi connectivity index (χ2n) is 5.95. The smallest absolute Gasteiger partial charge is 0.341 e. The number of anilines is 1. The molecule has 0 spiro atoms. The van der Waals surface area contributed by atoms with Crippen molar-refractivity contribution in [3.8, 4) is 0 Å². The zero-order valence-corrected chi connectivity index (χ0v) is 14.5. The second-order valence-corrected chi connectivity index (χ2v) is 5.95. The predicted molar refractivity (Wildman–Crippen MR) is 97.6 cm³/mol. The molecule has 0 radical (unpaired) electrons. The third-order valence-electron chi connectivity index (χ3n) is 4.22. The van der Waals surface area contributed by atoms with Gasteiger partial charge in [0.15, 0.2) is 6.10 Å². The highest BCUT2D eigenvalue weighted by molar-refractivity contribution is 6.05. The van der Waals surface area contributed by atoms with Gasteiger partial charge in [0.25, 0.3) is 5.91 Å². The van der Waals surface area contributed by atoms with Gasteiger partial charge in [0, 0.05) is 36.9 Å². The Labute approximate surface area is 146 Å². The van der Waals surface area contributed by atoms with Crippen molar-refractivity contribution in [1.82, 2.24) is 4.57 Å². The van der Waals surface area contributed by atoms with E-state index in [0.717, 1.165) is 16.6 Å². The van der Waals surface area contributed by atoms with Gasteiger partial charge < -0.3 is 14.2 Å². The molecule has 3 aromatic rings. The minimum Gasteiger partial charge on any atom is -0.449 e. The molecule has 0 aliphatic carbocycles. The normalized spacial score (nSPS) is 12.0. The number of hydrogen-bond donors (Lipinski definition) is 0. The summed E-state index contributed by atoms with van der Waals surface area (Å²) in [5, 5.41) is 0.811. The lowest BCUT2D eigenvalue weighted by Gasteiger charge is -2.21. The molecule has 3 rings (SSSR count). The number of amides is 1. The van der Waals surface area contributed by atoms with Gasteiger partial charge >= 0.3 is 5.97 Å². The topological polar surface area (TPSA) is 51.5 Å². The molecule has 1 amide bonds. The number of carbonyl (C=O) groups is 2. The number of likely N-dealkylation sites (N-methyl/N-ethyl adjacent to an activating group) is 1. The molecule has 128 valence electrons. The van der Waals surface area contributed by atoms with Gasteiger partial charge in [-0.15, -0.1) is 0 Å². The van der Waals surface area contributed by atoms with E-state index in [2.05, 4.69) is 0 Å². The van der Waals surface area contributed by atoms with E-state index in [-0.39, 0.29) is 5.91 Å². The zero-order chi connectivity index (χ0) is 18.0. The summed E-state index contributed by atoms with van der Waals surface area (Å²) < 4.78 is 7.29. The predicted octanol–water partition coefficient (Wildman–Crippen LogP) is 3.39. The molecule has 5 heteroatoms. The Morgan fingerprint density at radius 3 is 2.40 bits per heavy atom. The van der Waals surface area contributed by atoms with Gasteiger partial charge in [-0.2, -0.15) is 0 Å². The number of rotatable bonds is 4. The van der Waals surface area contributed by atoms with Crippen LogP contribution in [0.15, 0.2) is 60.8 Å². The average molecular weight is 336 g/mol. The lowest BCUT2D eigenvalue weighted by atomic mass is 10.2. The molecule has 5 nitrogen and oxygen atoms in total. The van der Waals surface area contributed by atoms with Crippen LogP contribution in [0.25, 0.3) is 10.9 Å². The summed E-state index contributed by atoms with van der Waals surface area (Å²) in [5.74, 6) is -0.779. The summed E-state index contributed by atoms with van der Waals surface area (Å²) in [5.41, 5.74) is 2.15. The van der Waals surface area contributed by atoms with E-state index >= 15 is 0 Å². The highest BCUT2D eigenvalue weighted by Gasteiger charge is 2.24. The molecule has 0 aliphatic rings. The standard InChI is InChI=1S/C20H20N2O3/c1-14(19(23)22(3)15-9-5-4-6-10-15)25-20(24)17-13-21(2)18-12-8-7-11-16(17)18/h4-14H,1-3H3/t14-/m1/s1. The molecule has 1 aromatic heterocycles. The van der Waals surface area contributed by atoms with Crippen molar-refractivity contribution in [3.63, 3.8) is 0 Å². The van der Waals surface area contributed by atoms with Gasteiger partial charge in [0.2, 0.25) is 0 Å². The highest BCUT2D eigenvalue weighted by Crippen LogP contribution is 2.22. The maximum absolute atomic E-state index is 12.5. The quantitative estimate of drug-likeness (QED) is 0.686. The lowest BCUT2D eigenvalue weighted by molar-refractivity contribution is -0.126. The van der Waals surface area contributed by atoms with E-state index in [4.69, 9.17) is 4.74 Å². The number of esters is 1. The third kappa shape index (κ3) is 3.26. The second kappa shape index (κ2) is 6.81. The van der Waals surface area contributed by atoms with Crippen LogP contribution in [0.3, 0.4) is 0 Å². The van der Waals surface area contributed by atoms with Crippen LogP contribution in [0, 0.1) is 0 Å². The fourth-order valence-electron chi connectivity index (χ4n) is 2.83.